The molecule has 0 saturated heterocycles. The van der Waals surface area contributed by atoms with Gasteiger partial charge in [0.15, 0.2) is 0 Å². The number of rotatable bonds is 7. The number of aliphatic hydroxyl groups is 1. The monoisotopic (exact) mass is 225 g/mol. The Kier molecular flexibility index (Phi) is 5.49. The van der Waals surface area contributed by atoms with E-state index in [0.717, 1.165) is 25.5 Å². The van der Waals surface area contributed by atoms with E-state index in [1.165, 1.54) is 0 Å². The van der Waals surface area contributed by atoms with Crippen molar-refractivity contribution in [3.8, 4) is 0 Å². The van der Waals surface area contributed by atoms with E-state index in [9.17, 15) is 0 Å². The molecule has 1 unspecified atom stereocenters. The van der Waals surface area contributed by atoms with Crippen LogP contribution in [0.3, 0.4) is 0 Å². The molecule has 2 N–H and O–H groups in total. The summed E-state index contributed by atoms with van der Waals surface area (Å²) < 4.78 is 2.11. The van der Waals surface area contributed by atoms with Crippen molar-refractivity contribution in [2.75, 3.05) is 13.2 Å². The fraction of sp³-hybridized carbons (Fsp3) is 0.750. The molecule has 0 fully saturated rings. The molecule has 1 rings (SSSR count). The number of nitrogens with one attached hydrogen (secondary N) is 1. The van der Waals surface area contributed by atoms with E-state index in [0.29, 0.717) is 5.92 Å². The summed E-state index contributed by atoms with van der Waals surface area (Å²) in [6, 6.07) is 0. The highest BCUT2D eigenvalue weighted by atomic mass is 16.3. The zero-order valence-electron chi connectivity index (χ0n) is 10.5. The van der Waals surface area contributed by atoms with Crippen LogP contribution in [0.1, 0.15) is 26.6 Å². The van der Waals surface area contributed by atoms with Crippen LogP contribution in [-0.4, -0.2) is 27.8 Å². The molecule has 4 nitrogen and oxygen atoms in total. The van der Waals surface area contributed by atoms with Gasteiger partial charge in [-0.1, -0.05) is 20.8 Å². The predicted octanol–water partition coefficient (Wildman–Crippen LogP) is 1.26. The molecule has 0 amide bonds. The van der Waals surface area contributed by atoms with Crippen LogP contribution in [-0.2, 0) is 13.1 Å². The molecule has 4 heteroatoms. The Balaban J connectivity index is 2.44. The molecule has 1 aromatic rings. The number of imidazole rings is 1. The van der Waals surface area contributed by atoms with Gasteiger partial charge in [-0.2, -0.15) is 0 Å². The largest absolute Gasteiger partial charge is 0.396 e. The third kappa shape index (κ3) is 4.33. The molecule has 1 heterocycles. The normalized spacial score (nSPS) is 13.3. The molecule has 92 valence electrons. The van der Waals surface area contributed by atoms with Gasteiger partial charge in [0.2, 0.25) is 0 Å². The van der Waals surface area contributed by atoms with Gasteiger partial charge < -0.3 is 15.0 Å². The second-order valence-corrected chi connectivity index (χ2v) is 4.81. The van der Waals surface area contributed by atoms with Crippen LogP contribution >= 0.6 is 0 Å². The fourth-order valence-corrected chi connectivity index (χ4v) is 1.54. The second-order valence-electron chi connectivity index (χ2n) is 4.81. The van der Waals surface area contributed by atoms with Gasteiger partial charge in [-0.3, -0.25) is 0 Å². The smallest absolute Gasteiger partial charge is 0.122 e. The van der Waals surface area contributed by atoms with E-state index in [1.54, 1.807) is 0 Å². The zero-order chi connectivity index (χ0) is 12.0. The van der Waals surface area contributed by atoms with Crippen molar-refractivity contribution in [3.63, 3.8) is 0 Å². The Bertz CT molecular complexity index is 296. The third-order valence-corrected chi connectivity index (χ3v) is 2.46. The van der Waals surface area contributed by atoms with Crippen LogP contribution in [0.25, 0.3) is 0 Å². The van der Waals surface area contributed by atoms with Gasteiger partial charge in [-0.25, -0.2) is 4.98 Å². The average molecular weight is 225 g/mol. The highest BCUT2D eigenvalue weighted by molar-refractivity contribution is 4.92. The molecular formula is C12H23N3O. The molecule has 0 radical (unpaired) electrons. The van der Waals surface area contributed by atoms with E-state index in [4.69, 9.17) is 5.11 Å². The quantitative estimate of drug-likeness (QED) is 0.734. The van der Waals surface area contributed by atoms with E-state index in [-0.39, 0.29) is 12.5 Å². The lowest BCUT2D eigenvalue weighted by atomic mass is 10.2. The van der Waals surface area contributed by atoms with Crippen molar-refractivity contribution < 1.29 is 5.11 Å². The summed E-state index contributed by atoms with van der Waals surface area (Å²) in [6.07, 6.45) is 3.79. The molecule has 16 heavy (non-hydrogen) atoms. The molecule has 1 aromatic heterocycles. The van der Waals surface area contributed by atoms with Crippen molar-refractivity contribution in [2.45, 2.75) is 33.9 Å². The highest BCUT2D eigenvalue weighted by Crippen LogP contribution is 2.04. The Hall–Kier alpha value is -0.870. The average Bonchev–Trinajstić information content (AvgIpc) is 2.65. The van der Waals surface area contributed by atoms with Gasteiger partial charge in [-0.05, 0) is 18.4 Å². The topological polar surface area (TPSA) is 50.1 Å². The minimum atomic E-state index is 0.219. The van der Waals surface area contributed by atoms with Crippen molar-refractivity contribution in [3.05, 3.63) is 18.2 Å². The Morgan fingerprint density at radius 1 is 1.44 bits per heavy atom. The maximum absolute atomic E-state index is 9.02. The van der Waals surface area contributed by atoms with Gasteiger partial charge in [0.25, 0.3) is 0 Å². The first kappa shape index (κ1) is 13.2. The maximum atomic E-state index is 9.02. The van der Waals surface area contributed by atoms with Crippen LogP contribution in [0.4, 0.5) is 0 Å². The summed E-state index contributed by atoms with van der Waals surface area (Å²) in [5.41, 5.74) is 0. The number of nitrogens with zero attached hydrogens (tertiary/aromatic N) is 2. The number of hydrogen-bond donors (Lipinski definition) is 2. The first-order valence-electron chi connectivity index (χ1n) is 5.95. The minimum Gasteiger partial charge on any atom is -0.396 e. The van der Waals surface area contributed by atoms with Crippen LogP contribution in [0.5, 0.6) is 0 Å². The molecule has 0 aliphatic carbocycles. The predicted molar refractivity (Wildman–Crippen MR) is 65.0 cm³/mol. The van der Waals surface area contributed by atoms with Gasteiger partial charge in [-0.15, -0.1) is 0 Å². The summed E-state index contributed by atoms with van der Waals surface area (Å²) >= 11 is 0. The molecule has 0 spiro atoms. The van der Waals surface area contributed by atoms with Crippen LogP contribution in [0.2, 0.25) is 0 Å². The molecule has 0 bridgehead atoms. The standard InChI is InChI=1S/C12H23N3O/c1-10(2)6-13-7-12-14-4-5-15(12)8-11(3)9-16/h4-5,10-11,13,16H,6-9H2,1-3H3. The van der Waals surface area contributed by atoms with Crippen LogP contribution in [0, 0.1) is 11.8 Å². The van der Waals surface area contributed by atoms with Crippen molar-refractivity contribution in [1.82, 2.24) is 14.9 Å². The van der Waals surface area contributed by atoms with Gasteiger partial charge >= 0.3 is 0 Å². The maximum Gasteiger partial charge on any atom is 0.122 e. The number of hydrogen-bond acceptors (Lipinski definition) is 3. The summed E-state index contributed by atoms with van der Waals surface area (Å²) in [6.45, 7) is 9.25. The third-order valence-electron chi connectivity index (χ3n) is 2.46. The van der Waals surface area contributed by atoms with E-state index in [1.807, 2.05) is 19.3 Å². The molecule has 0 aromatic carbocycles. The minimum absolute atomic E-state index is 0.219. The van der Waals surface area contributed by atoms with Gasteiger partial charge in [0.1, 0.15) is 5.82 Å². The lowest BCUT2D eigenvalue weighted by Crippen LogP contribution is -2.22. The Morgan fingerprint density at radius 3 is 2.81 bits per heavy atom. The SMILES string of the molecule is CC(C)CNCc1nccn1CC(C)CO. The zero-order valence-corrected chi connectivity index (χ0v) is 10.5. The van der Waals surface area contributed by atoms with Crippen LogP contribution in [0.15, 0.2) is 12.4 Å². The van der Waals surface area contributed by atoms with Crippen molar-refractivity contribution in [2.24, 2.45) is 11.8 Å². The molecule has 0 aliphatic heterocycles. The Labute approximate surface area is 97.7 Å². The highest BCUT2D eigenvalue weighted by Gasteiger charge is 2.06. The molecular weight excluding hydrogens is 202 g/mol. The second kappa shape index (κ2) is 6.66. The molecule has 1 atom stereocenters. The first-order chi connectivity index (χ1) is 7.63. The van der Waals surface area contributed by atoms with E-state index >= 15 is 0 Å². The van der Waals surface area contributed by atoms with E-state index in [2.05, 4.69) is 28.7 Å². The van der Waals surface area contributed by atoms with Gasteiger partial charge in [0.05, 0.1) is 6.54 Å². The Morgan fingerprint density at radius 2 is 2.19 bits per heavy atom. The first-order valence-corrected chi connectivity index (χ1v) is 5.95. The van der Waals surface area contributed by atoms with Crippen LogP contribution < -0.4 is 5.32 Å². The van der Waals surface area contributed by atoms with E-state index < -0.39 is 0 Å². The summed E-state index contributed by atoms with van der Waals surface area (Å²) in [4.78, 5) is 4.32. The van der Waals surface area contributed by atoms with Gasteiger partial charge in [0, 0.05) is 25.5 Å². The van der Waals surface area contributed by atoms with Crippen molar-refractivity contribution in [1.29, 1.82) is 0 Å². The number of aliphatic hydroxyl groups excluding tert-OH is 1. The lowest BCUT2D eigenvalue weighted by molar-refractivity contribution is 0.221. The molecule has 0 aliphatic rings. The lowest BCUT2D eigenvalue weighted by Gasteiger charge is -2.13. The number of aromatic nitrogens is 2. The molecule has 0 saturated carbocycles. The summed E-state index contributed by atoms with van der Waals surface area (Å²) in [5.74, 6) is 1.97. The van der Waals surface area contributed by atoms with Crippen molar-refractivity contribution >= 4 is 0 Å². The summed E-state index contributed by atoms with van der Waals surface area (Å²) in [5, 5.41) is 12.4. The fourth-order valence-electron chi connectivity index (χ4n) is 1.54. The summed E-state index contributed by atoms with van der Waals surface area (Å²) in [7, 11) is 0.